The van der Waals surface area contributed by atoms with Crippen molar-refractivity contribution >= 4 is 11.6 Å². The quantitative estimate of drug-likeness (QED) is 0.477. The number of hydrogen-bond donors (Lipinski definition) is 0. The second kappa shape index (κ2) is 2.73. The summed E-state index contributed by atoms with van der Waals surface area (Å²) in [6, 6.07) is 2.19. The van der Waals surface area contributed by atoms with Gasteiger partial charge in [-0.1, -0.05) is 23.8 Å². The van der Waals surface area contributed by atoms with E-state index in [1.54, 1.807) is 7.11 Å². The van der Waals surface area contributed by atoms with Gasteiger partial charge in [-0.3, -0.25) is 0 Å². The molecule has 0 aromatic heterocycles. The Bertz CT molecular complexity index is 296. The summed E-state index contributed by atoms with van der Waals surface area (Å²) in [5.41, 5.74) is -0.544. The van der Waals surface area contributed by atoms with E-state index in [4.69, 9.17) is 21.6 Å². The molecule has 0 aromatic carbocycles. The van der Waals surface area contributed by atoms with E-state index in [9.17, 15) is 0 Å². The highest BCUT2D eigenvalue weighted by atomic mass is 35.5. The highest BCUT2D eigenvalue weighted by molar-refractivity contribution is 6.27. The number of hydrogen-bond acceptors (Lipinski definition) is 2. The normalized spacial score (nSPS) is 47.6. The van der Waals surface area contributed by atoms with Crippen molar-refractivity contribution in [2.45, 2.75) is 29.7 Å². The van der Waals surface area contributed by atoms with Gasteiger partial charge in [0, 0.05) is 7.11 Å². The van der Waals surface area contributed by atoms with Crippen LogP contribution in [0.1, 0.15) is 19.3 Å². The molecule has 3 aliphatic rings. The smallest absolute Gasteiger partial charge is 0.163 e. The largest absolute Gasteiger partial charge is 0.371 e. The summed E-state index contributed by atoms with van der Waals surface area (Å²) >= 11 is 6.28. The summed E-state index contributed by atoms with van der Waals surface area (Å²) in [5, 5.41) is 9.07. The molecule has 3 rings (SSSR count). The number of rotatable bonds is 1. The van der Waals surface area contributed by atoms with Gasteiger partial charge in [-0.25, -0.2) is 0 Å². The van der Waals surface area contributed by atoms with Gasteiger partial charge in [0.25, 0.3) is 0 Å². The van der Waals surface area contributed by atoms with Crippen molar-refractivity contribution in [2.75, 3.05) is 7.11 Å². The number of methoxy groups -OCH3 is 1. The number of alkyl halides is 1. The fourth-order valence-corrected chi connectivity index (χ4v) is 2.81. The molecule has 0 spiro atoms. The number of fused-ring (bicyclic) bond motifs is 2. The average molecular weight is 198 g/mol. The van der Waals surface area contributed by atoms with Gasteiger partial charge in [0.1, 0.15) is 5.60 Å². The van der Waals surface area contributed by atoms with Gasteiger partial charge < -0.3 is 4.74 Å². The number of nitriles is 1. The third-order valence-corrected chi connectivity index (χ3v) is 3.84. The number of ether oxygens (including phenoxy) is 1. The van der Waals surface area contributed by atoms with Crippen molar-refractivity contribution in [2.24, 2.45) is 5.92 Å². The minimum atomic E-state index is -0.848. The molecule has 2 nitrogen and oxygen atoms in total. The lowest BCUT2D eigenvalue weighted by atomic mass is 9.66. The zero-order chi connectivity index (χ0) is 9.53. The van der Waals surface area contributed by atoms with Crippen molar-refractivity contribution in [1.82, 2.24) is 0 Å². The summed E-state index contributed by atoms with van der Waals surface area (Å²) < 4.78 is 5.43. The second-order valence-corrected chi connectivity index (χ2v) is 4.51. The highest BCUT2D eigenvalue weighted by Crippen LogP contribution is 2.51. The average Bonchev–Trinajstić information content (AvgIpc) is 2.19. The van der Waals surface area contributed by atoms with Crippen LogP contribution in [0, 0.1) is 17.2 Å². The van der Waals surface area contributed by atoms with Crippen molar-refractivity contribution in [1.29, 1.82) is 5.26 Å². The topological polar surface area (TPSA) is 33.0 Å². The lowest BCUT2D eigenvalue weighted by Gasteiger charge is -2.48. The minimum Gasteiger partial charge on any atom is -0.371 e. The predicted molar refractivity (Wildman–Crippen MR) is 50.4 cm³/mol. The monoisotopic (exact) mass is 197 g/mol. The molecule has 0 saturated heterocycles. The van der Waals surface area contributed by atoms with Crippen molar-refractivity contribution < 1.29 is 4.74 Å². The Morgan fingerprint density at radius 3 is 2.85 bits per heavy atom. The van der Waals surface area contributed by atoms with E-state index < -0.39 is 10.5 Å². The molecule has 0 aliphatic heterocycles. The summed E-state index contributed by atoms with van der Waals surface area (Å²) in [7, 11) is 1.63. The molecule has 2 bridgehead atoms. The van der Waals surface area contributed by atoms with Crippen LogP contribution in [0.2, 0.25) is 0 Å². The fraction of sp³-hybridized carbons (Fsp3) is 0.700. The zero-order valence-corrected chi connectivity index (χ0v) is 8.34. The summed E-state index contributed by atoms with van der Waals surface area (Å²) in [4.78, 5) is -0.848. The lowest BCUT2D eigenvalue weighted by molar-refractivity contribution is -0.0304. The third-order valence-electron chi connectivity index (χ3n) is 3.28. The molecule has 13 heavy (non-hydrogen) atoms. The molecule has 0 N–H and O–H groups in total. The van der Waals surface area contributed by atoms with Crippen LogP contribution in [-0.4, -0.2) is 17.6 Å². The van der Waals surface area contributed by atoms with Gasteiger partial charge in [0.15, 0.2) is 4.87 Å². The van der Waals surface area contributed by atoms with E-state index in [0.29, 0.717) is 5.92 Å². The maximum absolute atomic E-state index is 9.07. The van der Waals surface area contributed by atoms with Crippen LogP contribution < -0.4 is 0 Å². The van der Waals surface area contributed by atoms with Crippen molar-refractivity contribution in [3.05, 3.63) is 12.2 Å². The van der Waals surface area contributed by atoms with Crippen LogP contribution in [0.25, 0.3) is 0 Å². The Hall–Kier alpha value is -0.520. The van der Waals surface area contributed by atoms with E-state index in [-0.39, 0.29) is 0 Å². The fourth-order valence-electron chi connectivity index (χ4n) is 2.38. The Labute approximate surface area is 83.1 Å². The molecule has 3 atom stereocenters. The highest BCUT2D eigenvalue weighted by Gasteiger charge is 2.56. The Balaban J connectivity index is 2.45. The molecule has 3 aliphatic carbocycles. The number of nitrogens with zero attached hydrogens (tertiary/aromatic N) is 1. The minimum absolute atomic E-state index is 0.467. The van der Waals surface area contributed by atoms with Crippen LogP contribution in [0.4, 0.5) is 0 Å². The van der Waals surface area contributed by atoms with Gasteiger partial charge in [-0.15, -0.1) is 0 Å². The molecule has 0 radical (unpaired) electrons. The first kappa shape index (κ1) is 9.05. The first-order valence-electron chi connectivity index (χ1n) is 4.50. The third kappa shape index (κ3) is 1.04. The van der Waals surface area contributed by atoms with Crippen LogP contribution in [0.3, 0.4) is 0 Å². The Morgan fingerprint density at radius 1 is 1.69 bits per heavy atom. The Morgan fingerprint density at radius 2 is 2.46 bits per heavy atom. The Kier molecular flexibility index (Phi) is 1.90. The number of halogens is 1. The molecule has 1 saturated carbocycles. The van der Waals surface area contributed by atoms with Crippen LogP contribution in [0.15, 0.2) is 12.2 Å². The number of allylic oxidation sites excluding steroid dienone is 1. The molecule has 3 heteroatoms. The van der Waals surface area contributed by atoms with Crippen molar-refractivity contribution in [3.8, 4) is 6.07 Å². The van der Waals surface area contributed by atoms with Crippen LogP contribution in [0.5, 0.6) is 0 Å². The lowest BCUT2D eigenvalue weighted by Crippen LogP contribution is -2.55. The zero-order valence-electron chi connectivity index (χ0n) is 7.59. The molecule has 1 fully saturated rings. The molecule has 3 unspecified atom stereocenters. The molecule has 70 valence electrons. The van der Waals surface area contributed by atoms with Gasteiger partial charge >= 0.3 is 0 Å². The maximum atomic E-state index is 9.07. The first-order valence-corrected chi connectivity index (χ1v) is 4.88. The maximum Gasteiger partial charge on any atom is 0.163 e. The van der Waals surface area contributed by atoms with Gasteiger partial charge in [-0.05, 0) is 25.2 Å². The van der Waals surface area contributed by atoms with E-state index in [0.717, 1.165) is 19.3 Å². The summed E-state index contributed by atoms with van der Waals surface area (Å²) in [6.07, 6.45) is 6.77. The van der Waals surface area contributed by atoms with E-state index >= 15 is 0 Å². The van der Waals surface area contributed by atoms with Crippen molar-refractivity contribution in [3.63, 3.8) is 0 Å². The molecule has 0 amide bonds. The predicted octanol–water partition coefficient (Wildman–Crippen LogP) is 2.24. The summed E-state index contributed by atoms with van der Waals surface area (Å²) in [5.74, 6) is 0.467. The first-order chi connectivity index (χ1) is 6.16. The molecule has 0 aromatic rings. The van der Waals surface area contributed by atoms with E-state index in [1.807, 2.05) is 6.08 Å². The molecule has 0 heterocycles. The standard InChI is InChI=1S/C10H12ClNO/c1-13-10-4-2-8(3-5-10)6-9(10,11)7-12/h2,4,8H,3,5-6H2,1H3. The van der Waals surface area contributed by atoms with E-state index in [1.165, 1.54) is 0 Å². The second-order valence-electron chi connectivity index (χ2n) is 3.87. The molecular weight excluding hydrogens is 186 g/mol. The summed E-state index contributed by atoms with van der Waals surface area (Å²) in [6.45, 7) is 0. The van der Waals surface area contributed by atoms with E-state index in [2.05, 4.69) is 12.1 Å². The molecular formula is C10H12ClNO. The van der Waals surface area contributed by atoms with Crippen LogP contribution >= 0.6 is 11.6 Å². The SMILES string of the molecule is COC12C=CC(CC1)CC2(Cl)C#N. The van der Waals surface area contributed by atoms with Crippen LogP contribution in [-0.2, 0) is 4.74 Å². The van der Waals surface area contributed by atoms with Gasteiger partial charge in [0.05, 0.1) is 6.07 Å². The van der Waals surface area contributed by atoms with Gasteiger partial charge in [0.2, 0.25) is 0 Å². The van der Waals surface area contributed by atoms with Gasteiger partial charge in [-0.2, -0.15) is 5.26 Å².